The zero-order valence-electron chi connectivity index (χ0n) is 22.8. The maximum Gasteiger partial charge on any atom is 0.340 e. The molecule has 0 aromatic heterocycles. The number of cyclic esters (lactones) is 1. The molecule has 1 atom stereocenters. The van der Waals surface area contributed by atoms with Gasteiger partial charge in [0.15, 0.2) is 5.60 Å². The maximum absolute atomic E-state index is 13.5. The van der Waals surface area contributed by atoms with Crippen molar-refractivity contribution in [1.29, 1.82) is 0 Å². The third-order valence-electron chi connectivity index (χ3n) is 7.13. The Hall–Kier alpha value is -3.67. The van der Waals surface area contributed by atoms with Gasteiger partial charge in [-0.1, -0.05) is 24.3 Å². The molecule has 0 saturated heterocycles. The minimum absolute atomic E-state index is 0.303. The largest absolute Gasteiger partial charge is 0.440 e. The highest BCUT2D eigenvalue weighted by Crippen LogP contribution is 2.51. The van der Waals surface area contributed by atoms with E-state index in [2.05, 4.69) is 77.1 Å². The molecule has 1 unspecified atom stereocenters. The molecule has 4 rings (SSSR count). The average molecular weight is 487 g/mol. The fourth-order valence-electron chi connectivity index (χ4n) is 5.07. The van der Waals surface area contributed by atoms with E-state index in [9.17, 15) is 4.79 Å². The molecule has 36 heavy (non-hydrogen) atoms. The van der Waals surface area contributed by atoms with E-state index in [0.717, 1.165) is 52.5 Å². The lowest BCUT2D eigenvalue weighted by Gasteiger charge is -2.34. The second kappa shape index (κ2) is 9.76. The molecule has 0 N–H and O–H groups in total. The van der Waals surface area contributed by atoms with Crippen molar-refractivity contribution < 1.29 is 9.53 Å². The molecule has 3 aromatic rings. The molecule has 0 spiro atoms. The van der Waals surface area contributed by atoms with Crippen molar-refractivity contribution in [3.63, 3.8) is 0 Å². The summed E-state index contributed by atoms with van der Waals surface area (Å²) < 4.78 is 6.46. The molecule has 0 bridgehead atoms. The Morgan fingerprint density at radius 1 is 0.667 bits per heavy atom. The molecule has 0 radical (unpaired) electrons. The van der Waals surface area contributed by atoms with E-state index in [0.29, 0.717) is 5.56 Å². The summed E-state index contributed by atoms with van der Waals surface area (Å²) in [6, 6.07) is 20.9. The van der Waals surface area contributed by atoms with Gasteiger partial charge < -0.3 is 24.3 Å². The summed E-state index contributed by atoms with van der Waals surface area (Å²) in [5.41, 5.74) is 6.51. The molecule has 6 nitrogen and oxygen atoms in total. The monoisotopic (exact) mass is 486 g/mol. The van der Waals surface area contributed by atoms with Crippen molar-refractivity contribution in [2.45, 2.75) is 19.4 Å². The molecule has 190 valence electrons. The van der Waals surface area contributed by atoms with Gasteiger partial charge >= 0.3 is 5.97 Å². The molecule has 0 fully saturated rings. The van der Waals surface area contributed by atoms with Crippen LogP contribution in [-0.4, -0.2) is 61.3 Å². The van der Waals surface area contributed by atoms with Gasteiger partial charge in [0.2, 0.25) is 0 Å². The van der Waals surface area contributed by atoms with E-state index in [-0.39, 0.29) is 5.97 Å². The molecular weight excluding hydrogens is 448 g/mol. The first kappa shape index (κ1) is 25.4. The van der Waals surface area contributed by atoms with Crippen molar-refractivity contribution in [3.8, 4) is 0 Å². The van der Waals surface area contributed by atoms with E-state index in [1.54, 1.807) is 0 Å². The summed E-state index contributed by atoms with van der Waals surface area (Å²) in [5.74, 6) is -0.303. The summed E-state index contributed by atoms with van der Waals surface area (Å²) in [6.45, 7) is 6.18. The number of hydrogen-bond acceptors (Lipinski definition) is 6. The Morgan fingerprint density at radius 3 is 1.72 bits per heavy atom. The number of fused-ring (bicyclic) bond motifs is 1. The van der Waals surface area contributed by atoms with Crippen LogP contribution in [0.15, 0.2) is 60.7 Å². The van der Waals surface area contributed by atoms with Gasteiger partial charge in [0, 0.05) is 94.8 Å². The molecule has 0 amide bonds. The number of nitrogens with zero attached hydrogens (tertiary/aromatic N) is 4. The quantitative estimate of drug-likeness (QED) is 0.408. The molecule has 1 aliphatic rings. The summed E-state index contributed by atoms with van der Waals surface area (Å²) in [7, 11) is 12.1. The number of anilines is 4. The van der Waals surface area contributed by atoms with Crippen LogP contribution in [0.4, 0.5) is 22.7 Å². The van der Waals surface area contributed by atoms with Gasteiger partial charge in [0.25, 0.3) is 0 Å². The molecule has 1 aliphatic heterocycles. The first-order valence-corrected chi connectivity index (χ1v) is 12.5. The Balaban J connectivity index is 2.01. The van der Waals surface area contributed by atoms with Crippen LogP contribution in [-0.2, 0) is 10.3 Å². The first-order valence-electron chi connectivity index (χ1n) is 12.5. The van der Waals surface area contributed by atoms with Crippen molar-refractivity contribution in [3.05, 3.63) is 82.9 Å². The van der Waals surface area contributed by atoms with Crippen LogP contribution in [0.1, 0.15) is 40.9 Å². The van der Waals surface area contributed by atoms with Crippen molar-refractivity contribution in [2.24, 2.45) is 0 Å². The second-order valence-electron chi connectivity index (χ2n) is 9.90. The summed E-state index contributed by atoms with van der Waals surface area (Å²) in [4.78, 5) is 21.9. The normalized spacial score (nSPS) is 16.4. The van der Waals surface area contributed by atoms with Gasteiger partial charge in [-0.3, -0.25) is 0 Å². The Bertz CT molecular complexity index is 1250. The van der Waals surface area contributed by atoms with Crippen molar-refractivity contribution in [2.75, 3.05) is 75.0 Å². The Kier molecular flexibility index (Phi) is 6.90. The maximum atomic E-state index is 13.5. The third kappa shape index (κ3) is 4.15. The predicted octanol–water partition coefficient (Wildman–Crippen LogP) is 5.19. The van der Waals surface area contributed by atoms with Gasteiger partial charge in [-0.2, -0.15) is 0 Å². The SMILES string of the molecule is CCN(CC)c1ccc(C2(c3ccc(N(C)C)cc3N(C)C)OC(=O)c3cc(N(C)C)ccc32)cc1. The average Bonchev–Trinajstić information content (AvgIpc) is 3.17. The number of rotatable bonds is 8. The van der Waals surface area contributed by atoms with E-state index in [1.165, 1.54) is 0 Å². The highest BCUT2D eigenvalue weighted by Gasteiger charge is 2.50. The van der Waals surface area contributed by atoms with Gasteiger partial charge in [-0.05, 0) is 50.2 Å². The van der Waals surface area contributed by atoms with Gasteiger partial charge in [0.05, 0.1) is 5.56 Å². The smallest absolute Gasteiger partial charge is 0.340 e. The number of hydrogen-bond donors (Lipinski definition) is 0. The van der Waals surface area contributed by atoms with Crippen LogP contribution < -0.4 is 19.6 Å². The zero-order chi connectivity index (χ0) is 26.2. The van der Waals surface area contributed by atoms with E-state index >= 15 is 0 Å². The van der Waals surface area contributed by atoms with Crippen molar-refractivity contribution in [1.82, 2.24) is 0 Å². The Labute approximate surface area is 215 Å². The summed E-state index contributed by atoms with van der Waals surface area (Å²) in [5, 5.41) is 0. The zero-order valence-corrected chi connectivity index (χ0v) is 22.8. The minimum atomic E-state index is -1.05. The molecule has 6 heteroatoms. The third-order valence-corrected chi connectivity index (χ3v) is 7.13. The number of ether oxygens (including phenoxy) is 1. The summed E-state index contributed by atoms with van der Waals surface area (Å²) in [6.07, 6.45) is 0. The van der Waals surface area contributed by atoms with Crippen LogP contribution in [0.2, 0.25) is 0 Å². The lowest BCUT2D eigenvalue weighted by atomic mass is 9.78. The highest BCUT2D eigenvalue weighted by atomic mass is 16.6. The van der Waals surface area contributed by atoms with Crippen LogP contribution in [0, 0.1) is 0 Å². The second-order valence-corrected chi connectivity index (χ2v) is 9.90. The predicted molar refractivity (Wildman–Crippen MR) is 151 cm³/mol. The van der Waals surface area contributed by atoms with E-state index in [1.807, 2.05) is 59.3 Å². The van der Waals surface area contributed by atoms with Crippen LogP contribution in [0.25, 0.3) is 0 Å². The molecule has 1 heterocycles. The molecular formula is C30H38N4O2. The highest BCUT2D eigenvalue weighted by molar-refractivity contribution is 5.98. The standard InChI is InChI=1S/C30H38N4O2/c1-9-34(10-2)22-13-11-21(12-14-22)30(27-18-16-24(32(5)6)20-28(27)33(7)8)26-17-15-23(31(3)4)19-25(26)29(35)36-30/h11-20H,9-10H2,1-8H3. The van der Waals surface area contributed by atoms with Gasteiger partial charge in [0.1, 0.15) is 0 Å². The fourth-order valence-corrected chi connectivity index (χ4v) is 5.07. The van der Waals surface area contributed by atoms with Crippen molar-refractivity contribution >= 4 is 28.7 Å². The number of esters is 1. The lowest BCUT2D eigenvalue weighted by molar-refractivity contribution is 0.0253. The minimum Gasteiger partial charge on any atom is -0.440 e. The Morgan fingerprint density at radius 2 is 1.19 bits per heavy atom. The van der Waals surface area contributed by atoms with Crippen LogP contribution in [0.3, 0.4) is 0 Å². The van der Waals surface area contributed by atoms with E-state index in [4.69, 9.17) is 4.74 Å². The fraction of sp³-hybridized carbons (Fsp3) is 0.367. The number of benzene rings is 3. The lowest BCUT2D eigenvalue weighted by Crippen LogP contribution is -2.32. The molecule has 0 aliphatic carbocycles. The van der Waals surface area contributed by atoms with Gasteiger partial charge in [-0.25, -0.2) is 4.79 Å². The topological polar surface area (TPSA) is 39.3 Å². The molecule has 3 aromatic carbocycles. The number of carbonyl (C=O) groups is 1. The number of carbonyl (C=O) groups excluding carboxylic acids is 1. The van der Waals surface area contributed by atoms with Crippen LogP contribution >= 0.6 is 0 Å². The van der Waals surface area contributed by atoms with E-state index < -0.39 is 5.60 Å². The van der Waals surface area contributed by atoms with Gasteiger partial charge in [-0.15, -0.1) is 0 Å². The molecule has 0 saturated carbocycles. The summed E-state index contributed by atoms with van der Waals surface area (Å²) >= 11 is 0. The first-order chi connectivity index (χ1) is 17.1. The van der Waals surface area contributed by atoms with Crippen LogP contribution in [0.5, 0.6) is 0 Å².